The summed E-state index contributed by atoms with van der Waals surface area (Å²) < 4.78 is 0. The van der Waals surface area contributed by atoms with Crippen LogP contribution in [0.15, 0.2) is 0 Å². The van der Waals surface area contributed by atoms with Gasteiger partial charge in [-0.1, -0.05) is 0 Å². The molecule has 0 aromatic heterocycles. The summed E-state index contributed by atoms with van der Waals surface area (Å²) in [6, 6.07) is 0. The molecule has 0 rings (SSSR count). The third-order valence-corrected chi connectivity index (χ3v) is 0. The van der Waals surface area contributed by atoms with E-state index in [0.29, 0.717) is 0 Å². The molecule has 0 bridgehead atoms. The molecule has 0 aliphatic carbocycles. The Morgan fingerprint density at radius 1 is 0.700 bits per heavy atom. The zero-order valence-electron chi connectivity index (χ0n) is 4.48. The van der Waals surface area contributed by atoms with E-state index in [1.165, 1.54) is 0 Å². The van der Waals surface area contributed by atoms with Crippen LogP contribution in [0.1, 0.15) is 0 Å². The van der Waals surface area contributed by atoms with E-state index in [4.69, 9.17) is 29.7 Å². The minimum atomic E-state index is -0.500. The summed E-state index contributed by atoms with van der Waals surface area (Å²) in [5, 5.41) is 24.8. The van der Waals surface area contributed by atoms with Gasteiger partial charge in [-0.3, -0.25) is 0 Å². The Balaban J connectivity index is -0.0000000257. The predicted molar refractivity (Wildman–Crippen MR) is 18.2 cm³/mol. The summed E-state index contributed by atoms with van der Waals surface area (Å²) in [5.41, 5.74) is 0. The molecule has 0 amide bonds. The normalized spacial score (nSPS) is 3.60. The number of carbonyl (C=O) groups is 3. The van der Waals surface area contributed by atoms with Gasteiger partial charge in [-0.2, -0.15) is 0 Å². The van der Waals surface area contributed by atoms with Gasteiger partial charge in [0.25, 0.3) is 0 Å². The van der Waals surface area contributed by atoms with Crippen molar-refractivity contribution < 1.29 is 67.4 Å². The second kappa shape index (κ2) is 71.6. The second-order valence-corrected chi connectivity index (χ2v) is 0.289. The number of rotatable bonds is 0. The topological polar surface area (TPSA) is 120 Å². The average Bonchev–Trinajstić information content (AvgIpc) is 1.70. The smallest absolute Gasteiger partial charge is 0.554 e. The summed E-state index contributed by atoms with van der Waals surface area (Å²) in [5.74, 6) is 0. The molecule has 0 atom stereocenters. The molecule has 0 aliphatic heterocycles. The van der Waals surface area contributed by atoms with Gasteiger partial charge in [-0.05, 0) is 0 Å². The van der Waals surface area contributed by atoms with E-state index in [1.54, 1.807) is 0 Å². The Morgan fingerprint density at radius 2 is 0.700 bits per heavy atom. The van der Waals surface area contributed by atoms with Crippen LogP contribution >= 0.6 is 0 Å². The Kier molecular flexibility index (Phi) is 162. The molecular formula is C3H3HoO6. The van der Waals surface area contributed by atoms with E-state index in [2.05, 4.69) is 0 Å². The number of hydrogen-bond acceptors (Lipinski definition) is 6. The molecule has 10 heavy (non-hydrogen) atoms. The van der Waals surface area contributed by atoms with Crippen LogP contribution in [0.3, 0.4) is 0 Å². The van der Waals surface area contributed by atoms with Crippen molar-refractivity contribution in [3.05, 3.63) is 0 Å². The molecule has 0 fully saturated rings. The van der Waals surface area contributed by atoms with Crippen LogP contribution in [0.5, 0.6) is 0 Å². The molecule has 0 spiro atoms. The van der Waals surface area contributed by atoms with Crippen LogP contribution in [-0.4, -0.2) is 19.4 Å². The van der Waals surface area contributed by atoms with E-state index in [1.807, 2.05) is 0 Å². The maximum Gasteiger partial charge on any atom is 3.00 e. The Labute approximate surface area is 86.5 Å². The molecule has 0 saturated carbocycles. The molecule has 0 aromatic rings. The third kappa shape index (κ3) is 3130. The van der Waals surface area contributed by atoms with Gasteiger partial charge >= 0.3 is 37.7 Å². The van der Waals surface area contributed by atoms with Crippen molar-refractivity contribution in [1.82, 2.24) is 0 Å². The third-order valence-electron chi connectivity index (χ3n) is 0. The van der Waals surface area contributed by atoms with Gasteiger partial charge in [0, 0.05) is 19.4 Å². The Bertz CT molecular complexity index is 49.7. The summed E-state index contributed by atoms with van der Waals surface area (Å²) in [6.45, 7) is -1.50. The largest absolute Gasteiger partial charge is 3.00 e. The predicted octanol–water partition coefficient (Wildman–Crippen LogP) is -4.90. The van der Waals surface area contributed by atoms with E-state index in [9.17, 15) is 0 Å². The maximum absolute atomic E-state index is 8.25. The monoisotopic (exact) mass is 300 g/mol. The van der Waals surface area contributed by atoms with Crippen LogP contribution in [0.4, 0.5) is 0 Å². The van der Waals surface area contributed by atoms with E-state index in [0.717, 1.165) is 0 Å². The minimum Gasteiger partial charge on any atom is -0.554 e. The first-order valence-corrected chi connectivity index (χ1v) is 1.41. The number of carbonyl (C=O) groups excluding carboxylic acids is 3. The maximum atomic E-state index is 8.25. The molecule has 0 aromatic carbocycles. The molecular weight excluding hydrogens is 297 g/mol. The molecule has 0 N–H and O–H groups in total. The van der Waals surface area contributed by atoms with Crippen LogP contribution in [-0.2, 0) is 14.4 Å². The minimum absolute atomic E-state index is 0. The van der Waals surface area contributed by atoms with Gasteiger partial charge in [0.1, 0.15) is 0 Å². The van der Waals surface area contributed by atoms with Crippen LogP contribution in [0.25, 0.3) is 0 Å². The first-order valence-electron chi connectivity index (χ1n) is 1.41. The molecule has 0 unspecified atom stereocenters. The molecule has 0 radical (unpaired) electrons. The fourth-order valence-electron chi connectivity index (χ4n) is 0. The summed E-state index contributed by atoms with van der Waals surface area (Å²) in [6.07, 6.45) is 0. The van der Waals surface area contributed by atoms with Crippen molar-refractivity contribution in [2.45, 2.75) is 0 Å². The molecule has 62 valence electrons. The molecule has 0 heterocycles. The number of hydrogen-bond donors (Lipinski definition) is 0. The second-order valence-electron chi connectivity index (χ2n) is 0.289. The van der Waals surface area contributed by atoms with E-state index in [-0.39, 0.29) is 37.7 Å². The molecule has 7 heteroatoms. The van der Waals surface area contributed by atoms with Crippen LogP contribution in [0.2, 0.25) is 0 Å². The van der Waals surface area contributed by atoms with Gasteiger partial charge in [-0.25, -0.2) is 0 Å². The van der Waals surface area contributed by atoms with Gasteiger partial charge in [0.15, 0.2) is 0 Å². The van der Waals surface area contributed by atoms with Crippen LogP contribution in [0, 0.1) is 37.7 Å². The fourth-order valence-corrected chi connectivity index (χ4v) is 0. The van der Waals surface area contributed by atoms with Crippen molar-refractivity contribution in [3.8, 4) is 0 Å². The zero-order valence-corrected chi connectivity index (χ0v) is 6.42. The van der Waals surface area contributed by atoms with Crippen molar-refractivity contribution in [3.63, 3.8) is 0 Å². The molecule has 0 aliphatic rings. The van der Waals surface area contributed by atoms with Crippen molar-refractivity contribution in [2.75, 3.05) is 0 Å². The Morgan fingerprint density at radius 3 is 0.700 bits per heavy atom. The molecule has 6 nitrogen and oxygen atoms in total. The average molecular weight is 300 g/mol. The van der Waals surface area contributed by atoms with Crippen molar-refractivity contribution >= 4 is 19.4 Å². The molecule has 0 saturated heterocycles. The van der Waals surface area contributed by atoms with Crippen LogP contribution < -0.4 is 15.3 Å². The standard InChI is InChI=1S/3CH2O2.Ho/c3*2-1-3;/h3*1H,(H,2,3);/q;;;+3/p-3. The van der Waals surface area contributed by atoms with Gasteiger partial charge in [-0.15, -0.1) is 0 Å². The first kappa shape index (κ1) is 22.6. The van der Waals surface area contributed by atoms with Gasteiger partial charge < -0.3 is 29.7 Å². The zero-order chi connectivity index (χ0) is 8.12. The first-order chi connectivity index (χ1) is 4.24. The Hall–Kier alpha value is -0.330. The summed E-state index contributed by atoms with van der Waals surface area (Å²) in [7, 11) is 0. The SMILES string of the molecule is O=C[O-].O=C[O-].O=C[O-].[Ho+3]. The quantitative estimate of drug-likeness (QED) is 0.326. The van der Waals surface area contributed by atoms with E-state index < -0.39 is 19.4 Å². The van der Waals surface area contributed by atoms with Gasteiger partial charge in [0.2, 0.25) is 0 Å². The van der Waals surface area contributed by atoms with Gasteiger partial charge in [0.05, 0.1) is 0 Å². The number of carboxylic acid groups (broad SMARTS) is 3. The van der Waals surface area contributed by atoms with Crippen molar-refractivity contribution in [2.24, 2.45) is 0 Å². The van der Waals surface area contributed by atoms with E-state index >= 15 is 0 Å². The fraction of sp³-hybridized carbons (Fsp3) is 0. The summed E-state index contributed by atoms with van der Waals surface area (Å²) >= 11 is 0. The summed E-state index contributed by atoms with van der Waals surface area (Å²) in [4.78, 5) is 24.8. The van der Waals surface area contributed by atoms with Crippen molar-refractivity contribution in [1.29, 1.82) is 0 Å².